The van der Waals surface area contributed by atoms with E-state index in [4.69, 9.17) is 10.3 Å². The van der Waals surface area contributed by atoms with E-state index < -0.39 is 0 Å². The zero-order valence-electron chi connectivity index (χ0n) is 10.1. The summed E-state index contributed by atoms with van der Waals surface area (Å²) in [6.45, 7) is 8.27. The molecule has 0 spiro atoms. The van der Waals surface area contributed by atoms with Crippen LogP contribution in [0.2, 0.25) is 0 Å². The number of hydrogen-bond donors (Lipinski definition) is 1. The number of rotatable bonds is 5. The van der Waals surface area contributed by atoms with Gasteiger partial charge in [0.2, 0.25) is 5.89 Å². The van der Waals surface area contributed by atoms with Crippen LogP contribution in [0.1, 0.15) is 45.8 Å². The Balaban J connectivity index is 2.49. The molecule has 0 saturated carbocycles. The molecule has 4 heteroatoms. The molecule has 0 unspecified atom stereocenters. The van der Waals surface area contributed by atoms with Gasteiger partial charge in [-0.15, -0.1) is 0 Å². The summed E-state index contributed by atoms with van der Waals surface area (Å²) < 4.78 is 5.13. The largest absolute Gasteiger partial charge is 0.339 e. The van der Waals surface area contributed by atoms with Crippen LogP contribution in [0.5, 0.6) is 0 Å². The molecule has 0 fully saturated rings. The molecule has 2 N–H and O–H groups in total. The monoisotopic (exact) mass is 211 g/mol. The second kappa shape index (κ2) is 4.75. The lowest BCUT2D eigenvalue weighted by atomic mass is 10.0. The molecule has 1 aromatic heterocycles. The van der Waals surface area contributed by atoms with Gasteiger partial charge in [-0.3, -0.25) is 0 Å². The summed E-state index contributed by atoms with van der Waals surface area (Å²) >= 11 is 0. The standard InChI is InChI=1S/C11H21N3O/c1-8(2)5-6-9-13-10(15-14-9)7-11(3,4)12/h8H,5-7,12H2,1-4H3. The number of hydrogen-bond acceptors (Lipinski definition) is 4. The number of aromatic nitrogens is 2. The summed E-state index contributed by atoms with van der Waals surface area (Å²) in [5.74, 6) is 2.10. The minimum Gasteiger partial charge on any atom is -0.339 e. The second-order valence-corrected chi connectivity index (χ2v) is 5.20. The van der Waals surface area contributed by atoms with Crippen molar-refractivity contribution in [3.8, 4) is 0 Å². The zero-order chi connectivity index (χ0) is 11.5. The van der Waals surface area contributed by atoms with E-state index in [-0.39, 0.29) is 5.54 Å². The summed E-state index contributed by atoms with van der Waals surface area (Å²) in [6, 6.07) is 0. The fourth-order valence-electron chi connectivity index (χ4n) is 1.27. The Morgan fingerprint density at radius 2 is 2.07 bits per heavy atom. The van der Waals surface area contributed by atoms with Gasteiger partial charge in [-0.05, 0) is 26.2 Å². The Morgan fingerprint density at radius 3 is 2.60 bits per heavy atom. The molecule has 86 valence electrons. The highest BCUT2D eigenvalue weighted by atomic mass is 16.5. The smallest absolute Gasteiger partial charge is 0.228 e. The third-order valence-corrected chi connectivity index (χ3v) is 2.06. The molecular weight excluding hydrogens is 190 g/mol. The molecule has 1 rings (SSSR count). The third kappa shape index (κ3) is 4.93. The molecule has 0 aliphatic rings. The SMILES string of the molecule is CC(C)CCc1noc(CC(C)(C)N)n1. The van der Waals surface area contributed by atoms with Gasteiger partial charge < -0.3 is 10.3 Å². The van der Waals surface area contributed by atoms with E-state index >= 15 is 0 Å². The summed E-state index contributed by atoms with van der Waals surface area (Å²) in [7, 11) is 0. The van der Waals surface area contributed by atoms with E-state index in [1.807, 2.05) is 13.8 Å². The normalized spacial score (nSPS) is 12.4. The Labute approximate surface area is 91.2 Å². The molecule has 0 atom stereocenters. The van der Waals surface area contributed by atoms with E-state index in [2.05, 4.69) is 24.0 Å². The molecule has 1 heterocycles. The van der Waals surface area contributed by atoms with Crippen molar-refractivity contribution < 1.29 is 4.52 Å². The van der Waals surface area contributed by atoms with Gasteiger partial charge in [-0.25, -0.2) is 0 Å². The van der Waals surface area contributed by atoms with Gasteiger partial charge in [0.15, 0.2) is 5.82 Å². The molecule has 0 bridgehead atoms. The summed E-state index contributed by atoms with van der Waals surface area (Å²) in [6.07, 6.45) is 2.60. The molecule has 15 heavy (non-hydrogen) atoms. The molecule has 0 saturated heterocycles. The first kappa shape index (κ1) is 12.2. The van der Waals surface area contributed by atoms with Crippen LogP contribution < -0.4 is 5.73 Å². The quantitative estimate of drug-likeness (QED) is 0.808. The highest BCUT2D eigenvalue weighted by Gasteiger charge is 2.16. The van der Waals surface area contributed by atoms with Crippen LogP contribution in [0.25, 0.3) is 0 Å². The summed E-state index contributed by atoms with van der Waals surface area (Å²) in [5.41, 5.74) is 5.58. The average molecular weight is 211 g/mol. The van der Waals surface area contributed by atoms with Crippen molar-refractivity contribution in [2.24, 2.45) is 11.7 Å². The van der Waals surface area contributed by atoms with Gasteiger partial charge in [0.05, 0.1) is 0 Å². The maximum Gasteiger partial charge on any atom is 0.228 e. The van der Waals surface area contributed by atoms with Crippen molar-refractivity contribution in [2.45, 2.75) is 52.5 Å². The van der Waals surface area contributed by atoms with Crippen LogP contribution in [0.15, 0.2) is 4.52 Å². The molecule has 0 aliphatic carbocycles. The van der Waals surface area contributed by atoms with Crippen molar-refractivity contribution in [3.05, 3.63) is 11.7 Å². The van der Waals surface area contributed by atoms with E-state index in [1.165, 1.54) is 0 Å². The van der Waals surface area contributed by atoms with Gasteiger partial charge in [0.25, 0.3) is 0 Å². The molecule has 4 nitrogen and oxygen atoms in total. The first-order valence-corrected chi connectivity index (χ1v) is 5.47. The van der Waals surface area contributed by atoms with E-state index in [1.54, 1.807) is 0 Å². The fourth-order valence-corrected chi connectivity index (χ4v) is 1.27. The Bertz CT molecular complexity index is 299. The average Bonchev–Trinajstić information content (AvgIpc) is 2.45. The van der Waals surface area contributed by atoms with Crippen molar-refractivity contribution in [3.63, 3.8) is 0 Å². The lowest BCUT2D eigenvalue weighted by Gasteiger charge is -2.14. The summed E-state index contributed by atoms with van der Waals surface area (Å²) in [5, 5.41) is 3.93. The van der Waals surface area contributed by atoms with Crippen LogP contribution in [0, 0.1) is 5.92 Å². The summed E-state index contributed by atoms with van der Waals surface area (Å²) in [4.78, 5) is 4.31. The fraction of sp³-hybridized carbons (Fsp3) is 0.818. The molecular formula is C11H21N3O. The van der Waals surface area contributed by atoms with Gasteiger partial charge in [-0.2, -0.15) is 4.98 Å². The van der Waals surface area contributed by atoms with Gasteiger partial charge in [-0.1, -0.05) is 19.0 Å². The third-order valence-electron chi connectivity index (χ3n) is 2.06. The molecule has 0 radical (unpaired) electrons. The lowest BCUT2D eigenvalue weighted by Crippen LogP contribution is -2.34. The van der Waals surface area contributed by atoms with E-state index in [0.29, 0.717) is 18.2 Å². The van der Waals surface area contributed by atoms with Crippen LogP contribution in [-0.4, -0.2) is 15.7 Å². The van der Waals surface area contributed by atoms with Gasteiger partial charge >= 0.3 is 0 Å². The molecule has 0 aliphatic heterocycles. The predicted octanol–water partition coefficient (Wildman–Crippen LogP) is 1.94. The van der Waals surface area contributed by atoms with Crippen molar-refractivity contribution in [1.29, 1.82) is 0 Å². The van der Waals surface area contributed by atoms with Crippen molar-refractivity contribution in [2.75, 3.05) is 0 Å². The maximum absolute atomic E-state index is 5.87. The Kier molecular flexibility index (Phi) is 3.85. The topological polar surface area (TPSA) is 64.9 Å². The van der Waals surface area contributed by atoms with Crippen LogP contribution in [0.3, 0.4) is 0 Å². The Morgan fingerprint density at radius 1 is 1.40 bits per heavy atom. The van der Waals surface area contributed by atoms with E-state index in [0.717, 1.165) is 18.7 Å². The van der Waals surface area contributed by atoms with Gasteiger partial charge in [0, 0.05) is 18.4 Å². The first-order chi connectivity index (χ1) is 6.87. The molecule has 1 aromatic rings. The first-order valence-electron chi connectivity index (χ1n) is 5.47. The minimum absolute atomic E-state index is 0.290. The minimum atomic E-state index is -0.290. The number of nitrogens with two attached hydrogens (primary N) is 1. The van der Waals surface area contributed by atoms with E-state index in [9.17, 15) is 0 Å². The zero-order valence-corrected chi connectivity index (χ0v) is 10.1. The number of nitrogens with zero attached hydrogens (tertiary/aromatic N) is 2. The van der Waals surface area contributed by atoms with Crippen LogP contribution in [0.4, 0.5) is 0 Å². The van der Waals surface area contributed by atoms with Crippen molar-refractivity contribution >= 4 is 0 Å². The lowest BCUT2D eigenvalue weighted by molar-refractivity contribution is 0.344. The highest BCUT2D eigenvalue weighted by molar-refractivity contribution is 4.92. The van der Waals surface area contributed by atoms with Gasteiger partial charge in [0.1, 0.15) is 0 Å². The second-order valence-electron chi connectivity index (χ2n) is 5.20. The highest BCUT2D eigenvalue weighted by Crippen LogP contribution is 2.10. The maximum atomic E-state index is 5.87. The Hall–Kier alpha value is -0.900. The van der Waals surface area contributed by atoms with Crippen LogP contribution in [-0.2, 0) is 12.8 Å². The number of aryl methyl sites for hydroxylation is 1. The predicted molar refractivity (Wildman–Crippen MR) is 59.4 cm³/mol. The van der Waals surface area contributed by atoms with Crippen molar-refractivity contribution in [1.82, 2.24) is 10.1 Å². The molecule has 0 amide bonds. The van der Waals surface area contributed by atoms with Crippen LogP contribution >= 0.6 is 0 Å². The molecule has 0 aromatic carbocycles.